The Morgan fingerprint density at radius 2 is 1.90 bits per heavy atom. The zero-order chi connectivity index (χ0) is 22.5. The average Bonchev–Trinajstić information content (AvgIpc) is 3.19. The highest BCUT2D eigenvalue weighted by Crippen LogP contribution is 2.31. The maximum atomic E-state index is 13.1. The highest BCUT2D eigenvalue weighted by atomic mass is 19.3. The first-order valence-corrected chi connectivity index (χ1v) is 10.3. The van der Waals surface area contributed by atoms with Crippen molar-refractivity contribution in [1.29, 1.82) is 0 Å². The van der Waals surface area contributed by atoms with E-state index in [1.807, 2.05) is 18.2 Å². The fraction of sp³-hybridized carbons (Fsp3) is 0.391. The van der Waals surface area contributed by atoms with Gasteiger partial charge in [0.25, 0.3) is 5.91 Å². The number of ketones is 1. The van der Waals surface area contributed by atoms with Crippen molar-refractivity contribution in [3.63, 3.8) is 0 Å². The van der Waals surface area contributed by atoms with E-state index in [9.17, 15) is 14.1 Å². The van der Waals surface area contributed by atoms with Crippen molar-refractivity contribution in [3.05, 3.63) is 52.6 Å². The Kier molecular flexibility index (Phi) is 7.12. The molecule has 0 radical (unpaired) electrons. The number of halogens is 1. The van der Waals surface area contributed by atoms with Crippen LogP contribution in [-0.4, -0.2) is 48.2 Å². The third-order valence-electron chi connectivity index (χ3n) is 5.52. The Labute approximate surface area is 181 Å². The lowest BCUT2D eigenvalue weighted by molar-refractivity contribution is -0.00698. The maximum Gasteiger partial charge on any atom is 0.256 e. The molecule has 1 heterocycles. The number of ether oxygens (including phenoxy) is 1. The number of carbonyl (C=O) groups excluding carboxylic acids is 2. The van der Waals surface area contributed by atoms with Crippen LogP contribution in [0.25, 0.3) is 0 Å². The van der Waals surface area contributed by atoms with Crippen LogP contribution in [0.3, 0.4) is 0 Å². The second kappa shape index (κ2) is 9.78. The minimum absolute atomic E-state index is 0.0267. The number of hydrogen-bond acceptors (Lipinski definition) is 6. The van der Waals surface area contributed by atoms with Gasteiger partial charge in [-0.25, -0.2) is 0 Å². The molecule has 3 rings (SSSR count). The Bertz CT molecular complexity index is 980. The van der Waals surface area contributed by atoms with Crippen molar-refractivity contribution < 1.29 is 23.8 Å². The summed E-state index contributed by atoms with van der Waals surface area (Å²) in [6.07, 6.45) is 0.933. The molecule has 2 aromatic carbocycles. The summed E-state index contributed by atoms with van der Waals surface area (Å²) in [5.74, 6) is -0.266. The van der Waals surface area contributed by atoms with E-state index < -0.39 is 5.78 Å². The van der Waals surface area contributed by atoms with Crippen LogP contribution in [0.5, 0.6) is 11.5 Å². The fourth-order valence-corrected chi connectivity index (χ4v) is 3.58. The number of anilines is 1. The van der Waals surface area contributed by atoms with Crippen LogP contribution in [0.4, 0.5) is 10.2 Å². The van der Waals surface area contributed by atoms with Gasteiger partial charge in [-0.2, -0.15) is 0 Å². The first-order chi connectivity index (χ1) is 14.8. The molecule has 1 aliphatic heterocycles. The van der Waals surface area contributed by atoms with Gasteiger partial charge in [0.05, 0.1) is 17.7 Å². The molecule has 0 aliphatic carbocycles. The van der Waals surface area contributed by atoms with E-state index in [1.54, 1.807) is 4.90 Å². The van der Waals surface area contributed by atoms with E-state index in [1.165, 1.54) is 13.0 Å². The maximum absolute atomic E-state index is 13.1. The van der Waals surface area contributed by atoms with Crippen molar-refractivity contribution in [2.75, 3.05) is 32.5 Å². The molecule has 0 bridgehead atoms. The summed E-state index contributed by atoms with van der Waals surface area (Å²) >= 11 is 0. The van der Waals surface area contributed by atoms with Gasteiger partial charge < -0.3 is 20.3 Å². The SMILES string of the molecule is CCN(C)CCCOc1ccc2c(c1)CN(C(=O)c1cc(C(C)=O)c(OF)cc1N)C2. The average molecular weight is 429 g/mol. The lowest BCUT2D eigenvalue weighted by atomic mass is 10.0. The summed E-state index contributed by atoms with van der Waals surface area (Å²) in [5.41, 5.74) is 8.14. The quantitative estimate of drug-likeness (QED) is 0.372. The highest BCUT2D eigenvalue weighted by Gasteiger charge is 2.27. The summed E-state index contributed by atoms with van der Waals surface area (Å²) in [4.78, 5) is 32.4. The number of nitrogens with two attached hydrogens (primary N) is 1. The van der Waals surface area contributed by atoms with Gasteiger partial charge in [0, 0.05) is 35.9 Å². The van der Waals surface area contributed by atoms with Gasteiger partial charge in [-0.05, 0) is 56.3 Å². The molecule has 0 saturated carbocycles. The van der Waals surface area contributed by atoms with E-state index in [0.717, 1.165) is 42.5 Å². The van der Waals surface area contributed by atoms with Gasteiger partial charge in [0.15, 0.2) is 11.5 Å². The topological polar surface area (TPSA) is 85.1 Å². The number of hydrogen-bond donors (Lipinski definition) is 1. The summed E-state index contributed by atoms with van der Waals surface area (Å²) < 4.78 is 18.6. The second-order valence-electron chi connectivity index (χ2n) is 7.76. The Balaban J connectivity index is 1.69. The molecule has 7 nitrogen and oxygen atoms in total. The first kappa shape index (κ1) is 22.6. The van der Waals surface area contributed by atoms with Crippen LogP contribution in [0, 0.1) is 0 Å². The van der Waals surface area contributed by atoms with Crippen molar-refractivity contribution in [2.45, 2.75) is 33.4 Å². The minimum Gasteiger partial charge on any atom is -0.494 e. The molecule has 166 valence electrons. The highest BCUT2D eigenvalue weighted by molar-refractivity contribution is 6.04. The number of nitrogen functional groups attached to an aromatic ring is 1. The van der Waals surface area contributed by atoms with Gasteiger partial charge in [-0.1, -0.05) is 13.0 Å². The number of fused-ring (bicyclic) bond motifs is 1. The van der Waals surface area contributed by atoms with Crippen molar-refractivity contribution >= 4 is 17.4 Å². The molecule has 1 aliphatic rings. The Morgan fingerprint density at radius 1 is 1.16 bits per heavy atom. The molecular weight excluding hydrogens is 401 g/mol. The number of benzene rings is 2. The second-order valence-corrected chi connectivity index (χ2v) is 7.76. The van der Waals surface area contributed by atoms with Crippen LogP contribution < -0.4 is 15.4 Å². The molecule has 2 N–H and O–H groups in total. The molecule has 1 amide bonds. The number of Topliss-reactive ketones (excluding diaryl/α,β-unsaturated/α-hetero) is 1. The molecule has 0 fully saturated rings. The molecule has 0 saturated heterocycles. The molecule has 2 aromatic rings. The van der Waals surface area contributed by atoms with Gasteiger partial charge >= 0.3 is 0 Å². The summed E-state index contributed by atoms with van der Waals surface area (Å²) in [6, 6.07) is 8.28. The smallest absolute Gasteiger partial charge is 0.256 e. The predicted molar refractivity (Wildman–Crippen MR) is 116 cm³/mol. The summed E-state index contributed by atoms with van der Waals surface area (Å²) in [6.45, 7) is 6.82. The number of carbonyl (C=O) groups is 2. The van der Waals surface area contributed by atoms with Crippen LogP contribution in [0.2, 0.25) is 0 Å². The van der Waals surface area contributed by atoms with Crippen molar-refractivity contribution in [2.24, 2.45) is 0 Å². The van der Waals surface area contributed by atoms with Gasteiger partial charge in [0.2, 0.25) is 0 Å². The lowest BCUT2D eigenvalue weighted by Crippen LogP contribution is -2.26. The number of amides is 1. The molecule has 0 spiro atoms. The van der Waals surface area contributed by atoms with Crippen molar-refractivity contribution in [3.8, 4) is 11.5 Å². The van der Waals surface area contributed by atoms with Crippen molar-refractivity contribution in [1.82, 2.24) is 9.80 Å². The molecular formula is C23H28FN3O4. The van der Waals surface area contributed by atoms with E-state index in [4.69, 9.17) is 10.5 Å². The van der Waals surface area contributed by atoms with Gasteiger partial charge in [-0.3, -0.25) is 14.5 Å². The normalized spacial score (nSPS) is 12.7. The molecule has 8 heteroatoms. The van der Waals surface area contributed by atoms with Crippen LogP contribution in [0.1, 0.15) is 52.1 Å². The molecule has 0 atom stereocenters. The van der Waals surface area contributed by atoms with Crippen LogP contribution in [0.15, 0.2) is 30.3 Å². The summed E-state index contributed by atoms with van der Waals surface area (Å²) in [5, 5.41) is 0. The number of rotatable bonds is 9. The third kappa shape index (κ3) is 5.14. The Morgan fingerprint density at radius 3 is 2.58 bits per heavy atom. The molecule has 0 unspecified atom stereocenters. The van der Waals surface area contributed by atoms with E-state index in [2.05, 4.69) is 23.8 Å². The third-order valence-corrected chi connectivity index (χ3v) is 5.52. The van der Waals surface area contributed by atoms with Crippen LogP contribution >= 0.6 is 0 Å². The summed E-state index contributed by atoms with van der Waals surface area (Å²) in [7, 11) is 2.07. The zero-order valence-corrected chi connectivity index (χ0v) is 18.1. The molecule has 31 heavy (non-hydrogen) atoms. The lowest BCUT2D eigenvalue weighted by Gasteiger charge is -2.17. The zero-order valence-electron chi connectivity index (χ0n) is 18.1. The number of nitrogens with zero attached hydrogens (tertiary/aromatic N) is 2. The fourth-order valence-electron chi connectivity index (χ4n) is 3.58. The predicted octanol–water partition coefficient (Wildman–Crippen LogP) is 3.61. The first-order valence-electron chi connectivity index (χ1n) is 10.3. The Hall–Kier alpha value is -3.13. The van der Waals surface area contributed by atoms with Crippen LogP contribution in [-0.2, 0) is 13.1 Å². The standard InChI is InChI=1S/C23H28FN3O4/c1-4-26(3)8-5-9-30-18-7-6-16-13-27(14-17(16)10-18)23(29)20-11-19(15(2)28)22(31-24)12-21(20)25/h6-7,10-12H,4-5,8-9,13-14,25H2,1-3H3. The van der Waals surface area contributed by atoms with Gasteiger partial charge in [-0.15, -0.1) is 0 Å². The molecule has 0 aromatic heterocycles. The monoisotopic (exact) mass is 429 g/mol. The minimum atomic E-state index is -0.418. The van der Waals surface area contributed by atoms with E-state index in [-0.39, 0.29) is 28.5 Å². The van der Waals surface area contributed by atoms with Gasteiger partial charge in [0.1, 0.15) is 5.75 Å². The largest absolute Gasteiger partial charge is 0.494 e. The van der Waals surface area contributed by atoms with E-state index in [0.29, 0.717) is 19.7 Å². The van der Waals surface area contributed by atoms with E-state index >= 15 is 0 Å².